The molecule has 2 aromatic heterocycles. The number of rotatable bonds is 8. The maximum Gasteiger partial charge on any atom is 0.351 e. The number of nitrogens with zero attached hydrogens (tertiary/aromatic N) is 2. The Bertz CT molecular complexity index is 3750. The van der Waals surface area contributed by atoms with Gasteiger partial charge in [-0.05, 0) is 87.1 Å². The molecule has 0 saturated carbocycles. The van der Waals surface area contributed by atoms with Crippen molar-refractivity contribution in [1.82, 2.24) is 0 Å². The normalized spacial score (nSPS) is 14.5. The molecule has 0 aliphatic heterocycles. The van der Waals surface area contributed by atoms with E-state index in [9.17, 15) is 52.7 Å². The van der Waals surface area contributed by atoms with Crippen molar-refractivity contribution in [2.75, 3.05) is 0 Å². The van der Waals surface area contributed by atoms with Crippen LogP contribution in [0.4, 0.5) is 87.8 Å². The highest BCUT2D eigenvalue weighted by molar-refractivity contribution is 6.98. The van der Waals surface area contributed by atoms with Crippen LogP contribution in [0.2, 0.25) is 0 Å². The fourth-order valence-electron chi connectivity index (χ4n) is 12.8. The molecule has 0 unspecified atom stereocenters. The summed E-state index contributed by atoms with van der Waals surface area (Å²) >= 11 is 0. The van der Waals surface area contributed by atoms with Gasteiger partial charge in [-0.3, -0.25) is 0 Å². The fourth-order valence-corrected chi connectivity index (χ4v) is 12.8. The number of hydrogen-bond donors (Lipinski definition) is 0. The Morgan fingerprint density at radius 2 is 0.466 bits per heavy atom. The Morgan fingerprint density at radius 1 is 0.273 bits per heavy atom. The molecular formula is C64H42B2F20N2. The topological polar surface area (TPSA) is 7.76 Å². The molecule has 0 spiro atoms. The van der Waals surface area contributed by atoms with Crippen LogP contribution in [0.25, 0.3) is 11.1 Å². The molecule has 2 heterocycles. The highest BCUT2D eigenvalue weighted by Gasteiger charge is 2.60. The van der Waals surface area contributed by atoms with Gasteiger partial charge in [-0.1, -0.05) is 153 Å². The Hall–Kier alpha value is -8.95. The third kappa shape index (κ3) is 10.0. The van der Waals surface area contributed by atoms with Crippen molar-refractivity contribution >= 4 is 45.6 Å². The van der Waals surface area contributed by atoms with Crippen LogP contribution in [0.5, 0.6) is 0 Å². The van der Waals surface area contributed by atoms with Crippen LogP contribution in [0.15, 0.2) is 157 Å². The molecule has 11 rings (SSSR count). The summed E-state index contributed by atoms with van der Waals surface area (Å²) in [7, 11) is 0. The lowest BCUT2D eigenvalue weighted by atomic mass is 9.20. The zero-order chi connectivity index (χ0) is 64.2. The second-order valence-electron chi connectivity index (χ2n) is 21.3. The highest BCUT2D eigenvalue weighted by atomic mass is 19.2. The van der Waals surface area contributed by atoms with Crippen LogP contribution in [-0.2, 0) is 0 Å². The van der Waals surface area contributed by atoms with E-state index in [4.69, 9.17) is 0 Å². The first-order chi connectivity index (χ1) is 41.7. The summed E-state index contributed by atoms with van der Waals surface area (Å²) in [5.41, 5.74) is -3.49. The summed E-state index contributed by atoms with van der Waals surface area (Å²) in [6, 6.07) is 31.7. The Morgan fingerprint density at radius 3 is 0.682 bits per heavy atom. The summed E-state index contributed by atoms with van der Waals surface area (Å²) in [6.07, 6.45) is -5.14. The van der Waals surface area contributed by atoms with E-state index in [1.165, 1.54) is 60.7 Å². The van der Waals surface area contributed by atoms with Crippen molar-refractivity contribution in [2.45, 2.75) is 52.2 Å². The van der Waals surface area contributed by atoms with Crippen LogP contribution in [-0.4, -0.2) is 12.6 Å². The number of pyridine rings is 2. The highest BCUT2D eigenvalue weighted by Crippen LogP contribution is 2.49. The summed E-state index contributed by atoms with van der Waals surface area (Å²) in [4.78, 5) is 0. The van der Waals surface area contributed by atoms with Crippen LogP contribution in [0.1, 0.15) is 74.4 Å². The number of halogens is 20. The smallest absolute Gasteiger partial charge is 0.351 e. The standard InChI is InChI=1S/2C29H18BF10N.C6H6/c2*1-13(2)16-12-17(15-9-5-4-8-14(15)16)30(41-10-6-3-7-11-41,18-20(31)24(35)28(39)25(36)21(18)32)19-22(33)26(37)29(40)27(38)23(19)34;1-2-4-6-5-3-1/h2*3-11,17H,12H2,1-2H3;1-6H/t2*17-;/m00./s1. The molecule has 0 fully saturated rings. The van der Waals surface area contributed by atoms with Crippen molar-refractivity contribution in [3.63, 3.8) is 0 Å². The maximum atomic E-state index is 15.9. The zero-order valence-corrected chi connectivity index (χ0v) is 46.0. The van der Waals surface area contributed by atoms with Crippen molar-refractivity contribution in [3.8, 4) is 0 Å². The quantitative estimate of drug-likeness (QED) is 0.0620. The van der Waals surface area contributed by atoms with E-state index in [2.05, 4.69) is 0 Å². The predicted octanol–water partition coefficient (Wildman–Crippen LogP) is 14.7. The molecule has 2 aliphatic carbocycles. The van der Waals surface area contributed by atoms with Gasteiger partial charge in [-0.2, -0.15) is 0 Å². The first kappa shape index (κ1) is 63.5. The van der Waals surface area contributed by atoms with E-state index in [1.807, 2.05) is 36.4 Å². The molecule has 0 bridgehead atoms. The monoisotopic (exact) mass is 1240 g/mol. The van der Waals surface area contributed by atoms with Gasteiger partial charge in [-0.15, -0.1) is 0 Å². The molecule has 9 aromatic rings. The third-order valence-corrected chi connectivity index (χ3v) is 16.4. The molecule has 2 aliphatic rings. The van der Waals surface area contributed by atoms with E-state index in [-0.39, 0.29) is 24.0 Å². The van der Waals surface area contributed by atoms with Gasteiger partial charge in [0.15, 0.2) is 69.8 Å². The minimum Gasteiger partial charge on any atom is -0.418 e. The Labute approximate surface area is 488 Å². The second-order valence-corrected chi connectivity index (χ2v) is 21.3. The number of allylic oxidation sites excluding steroid dienone is 4. The van der Waals surface area contributed by atoms with Crippen molar-refractivity contribution in [1.29, 1.82) is 0 Å². The van der Waals surface area contributed by atoms with Crippen LogP contribution < -0.4 is 30.8 Å². The van der Waals surface area contributed by atoms with E-state index >= 15 is 35.1 Å². The molecular weight excluding hydrogens is 1200 g/mol. The summed E-state index contributed by atoms with van der Waals surface area (Å²) < 4.78 is 304. The van der Waals surface area contributed by atoms with Crippen LogP contribution in [0.3, 0.4) is 0 Å². The first-order valence-electron chi connectivity index (χ1n) is 26.6. The number of fused-ring (bicyclic) bond motifs is 2. The van der Waals surface area contributed by atoms with E-state index in [0.717, 1.165) is 33.7 Å². The van der Waals surface area contributed by atoms with Gasteiger partial charge in [-0.25, -0.2) is 87.8 Å². The number of benzene rings is 7. The van der Waals surface area contributed by atoms with Crippen LogP contribution in [0, 0.1) is 116 Å². The van der Waals surface area contributed by atoms with Crippen molar-refractivity contribution in [2.24, 2.45) is 0 Å². The lowest BCUT2D eigenvalue weighted by Crippen LogP contribution is -2.83. The lowest BCUT2D eigenvalue weighted by Gasteiger charge is -2.41. The van der Waals surface area contributed by atoms with Gasteiger partial charge < -0.3 is 8.96 Å². The molecule has 0 saturated heterocycles. The molecule has 0 N–H and O–H groups in total. The molecule has 24 heteroatoms. The largest absolute Gasteiger partial charge is 0.418 e. The Balaban J connectivity index is 0.000000191. The van der Waals surface area contributed by atoms with Crippen LogP contribution >= 0.6 is 0 Å². The molecule has 0 amide bonds. The predicted molar refractivity (Wildman–Crippen MR) is 290 cm³/mol. The van der Waals surface area contributed by atoms with Gasteiger partial charge in [0.25, 0.3) is 0 Å². The first-order valence-corrected chi connectivity index (χ1v) is 26.6. The summed E-state index contributed by atoms with van der Waals surface area (Å²) in [5, 5.41) is 0. The molecule has 454 valence electrons. The minimum atomic E-state index is -4.29. The molecule has 7 aromatic carbocycles. The average molecular weight is 1240 g/mol. The average Bonchev–Trinajstić information content (AvgIpc) is 1.19. The van der Waals surface area contributed by atoms with E-state index < -0.39 is 162 Å². The maximum absolute atomic E-state index is 15.9. The third-order valence-electron chi connectivity index (χ3n) is 16.4. The number of aromatic nitrogens is 2. The molecule has 2 atom stereocenters. The van der Waals surface area contributed by atoms with Gasteiger partial charge in [0.2, 0.25) is 0 Å². The Kier molecular flexibility index (Phi) is 17.8. The summed E-state index contributed by atoms with van der Waals surface area (Å²) in [6.45, 7) is 6.65. The van der Waals surface area contributed by atoms with Crippen molar-refractivity contribution in [3.05, 3.63) is 296 Å². The van der Waals surface area contributed by atoms with Gasteiger partial charge in [0.05, 0.1) is 0 Å². The number of hydrogen-bond acceptors (Lipinski definition) is 0. The zero-order valence-electron chi connectivity index (χ0n) is 46.0. The molecule has 88 heavy (non-hydrogen) atoms. The lowest BCUT2D eigenvalue weighted by molar-refractivity contribution is -0.544. The van der Waals surface area contributed by atoms with Crippen molar-refractivity contribution < 1.29 is 96.8 Å². The van der Waals surface area contributed by atoms with Gasteiger partial charge in [0.1, 0.15) is 71.3 Å². The summed E-state index contributed by atoms with van der Waals surface area (Å²) in [5.74, 6) is -52.7. The van der Waals surface area contributed by atoms with Gasteiger partial charge >= 0.3 is 12.6 Å². The molecule has 0 radical (unpaired) electrons. The van der Waals surface area contributed by atoms with E-state index in [1.54, 1.807) is 52.0 Å². The SMILES string of the molecule is CC(C)=C1C[C@H]([B-](c2c(F)c(F)c(F)c(F)c2F)(c2c(F)c(F)c(F)c(F)c2F)[n+]2ccccc2)c2ccccc21.CC(C)=C1C[C@H]([B-](c2c(F)c(F)c(F)c(F)c2F)(c2c(F)c(F)c(F)c(F)c2F)[n+]2ccccc2)c2ccccc21.c1ccccc1. The van der Waals surface area contributed by atoms with E-state index in [0.29, 0.717) is 33.4 Å². The second kappa shape index (κ2) is 24.7. The fraction of sp³-hybridized carbons (Fsp3) is 0.125. The molecule has 2 nitrogen and oxygen atoms in total. The minimum absolute atomic E-state index is 0.146. The van der Waals surface area contributed by atoms with Gasteiger partial charge in [0, 0.05) is 0 Å².